The van der Waals surface area contributed by atoms with Crippen molar-refractivity contribution in [1.29, 1.82) is 0 Å². The molecule has 7 heteroatoms. The Morgan fingerprint density at radius 3 is 2.71 bits per heavy atom. The lowest BCUT2D eigenvalue weighted by Crippen LogP contribution is -2.43. The summed E-state index contributed by atoms with van der Waals surface area (Å²) in [7, 11) is 0. The van der Waals surface area contributed by atoms with E-state index in [2.05, 4.69) is 21.7 Å². The molecule has 162 valence electrons. The molecule has 2 atom stereocenters. The number of halogens is 1. The standard InChI is InChI=1S/C24H26ClN3O3/c1-24(2,3)31-23(30)26-13-18-17-7-5-4-6-14(17)11-20(18)28-22(29)21-12-15-10-16(25)8-9-19(15)27-21/h4-10,12,18,20,27H,11,13H2,1-3H3,(H,26,30)(H,28,29)/t18-,20+/m0/s1. The maximum absolute atomic E-state index is 13.0. The highest BCUT2D eigenvalue weighted by molar-refractivity contribution is 6.31. The van der Waals surface area contributed by atoms with Crippen LogP contribution in [-0.4, -0.2) is 35.2 Å². The van der Waals surface area contributed by atoms with E-state index in [0.717, 1.165) is 16.5 Å². The summed E-state index contributed by atoms with van der Waals surface area (Å²) >= 11 is 6.06. The van der Waals surface area contributed by atoms with E-state index in [4.69, 9.17) is 16.3 Å². The smallest absolute Gasteiger partial charge is 0.407 e. The van der Waals surface area contributed by atoms with E-state index in [-0.39, 0.29) is 17.9 Å². The lowest BCUT2D eigenvalue weighted by molar-refractivity contribution is 0.0523. The van der Waals surface area contributed by atoms with Crippen LogP contribution in [0.3, 0.4) is 0 Å². The van der Waals surface area contributed by atoms with Crippen LogP contribution in [-0.2, 0) is 11.2 Å². The molecule has 31 heavy (non-hydrogen) atoms. The first-order valence-electron chi connectivity index (χ1n) is 10.3. The van der Waals surface area contributed by atoms with Crippen LogP contribution in [0, 0.1) is 0 Å². The van der Waals surface area contributed by atoms with Crippen molar-refractivity contribution in [3.63, 3.8) is 0 Å². The summed E-state index contributed by atoms with van der Waals surface area (Å²) in [6.45, 7) is 5.86. The van der Waals surface area contributed by atoms with Crippen molar-refractivity contribution in [3.05, 3.63) is 70.4 Å². The number of aromatic nitrogens is 1. The van der Waals surface area contributed by atoms with Crippen LogP contribution in [0.1, 0.15) is 48.3 Å². The number of amides is 2. The van der Waals surface area contributed by atoms with E-state index in [1.807, 2.05) is 51.1 Å². The molecule has 2 amide bonds. The van der Waals surface area contributed by atoms with Crippen molar-refractivity contribution in [2.75, 3.05) is 6.54 Å². The minimum atomic E-state index is -0.566. The molecule has 1 aliphatic carbocycles. The molecule has 1 aliphatic rings. The lowest BCUT2D eigenvalue weighted by Gasteiger charge is -2.24. The molecule has 1 aromatic heterocycles. The molecule has 0 aliphatic heterocycles. The van der Waals surface area contributed by atoms with Crippen LogP contribution in [0.5, 0.6) is 0 Å². The van der Waals surface area contributed by atoms with E-state index in [9.17, 15) is 9.59 Å². The minimum absolute atomic E-state index is 0.0495. The summed E-state index contributed by atoms with van der Waals surface area (Å²) in [5.41, 5.74) is 3.07. The van der Waals surface area contributed by atoms with E-state index >= 15 is 0 Å². The highest BCUT2D eigenvalue weighted by Gasteiger charge is 2.34. The number of benzene rings is 2. The van der Waals surface area contributed by atoms with Gasteiger partial charge in [0.05, 0.1) is 0 Å². The zero-order valence-electron chi connectivity index (χ0n) is 17.8. The number of ether oxygens (including phenoxy) is 1. The Labute approximate surface area is 186 Å². The summed E-state index contributed by atoms with van der Waals surface area (Å²) in [4.78, 5) is 28.3. The predicted octanol–water partition coefficient (Wildman–Crippen LogP) is 4.78. The topological polar surface area (TPSA) is 83.2 Å². The molecular formula is C24H26ClN3O3. The Hall–Kier alpha value is -2.99. The molecule has 6 nitrogen and oxygen atoms in total. The Kier molecular flexibility index (Phi) is 5.67. The first-order valence-corrected chi connectivity index (χ1v) is 10.7. The van der Waals surface area contributed by atoms with Crippen LogP contribution in [0.2, 0.25) is 5.02 Å². The fraction of sp³-hybridized carbons (Fsp3) is 0.333. The zero-order valence-corrected chi connectivity index (χ0v) is 18.5. The van der Waals surface area contributed by atoms with Gasteiger partial charge in [-0.1, -0.05) is 35.9 Å². The van der Waals surface area contributed by atoms with Crippen LogP contribution < -0.4 is 10.6 Å². The van der Waals surface area contributed by atoms with Crippen molar-refractivity contribution in [2.45, 2.75) is 44.8 Å². The van der Waals surface area contributed by atoms with Crippen molar-refractivity contribution >= 4 is 34.5 Å². The molecule has 0 spiro atoms. The fourth-order valence-electron chi connectivity index (χ4n) is 4.06. The van der Waals surface area contributed by atoms with Crippen LogP contribution in [0.15, 0.2) is 48.5 Å². The molecule has 0 unspecified atom stereocenters. The van der Waals surface area contributed by atoms with Gasteiger partial charge in [0.15, 0.2) is 0 Å². The average molecular weight is 440 g/mol. The maximum atomic E-state index is 13.0. The summed E-state index contributed by atoms with van der Waals surface area (Å²) in [5.74, 6) is -0.237. The first-order chi connectivity index (χ1) is 14.7. The Bertz CT molecular complexity index is 1130. The van der Waals surface area contributed by atoms with Crippen LogP contribution in [0.4, 0.5) is 4.79 Å². The van der Waals surface area contributed by atoms with Gasteiger partial charge in [-0.05, 0) is 62.6 Å². The number of aromatic amines is 1. The Balaban J connectivity index is 1.50. The SMILES string of the molecule is CC(C)(C)OC(=O)NC[C@H]1c2ccccc2C[C@H]1NC(=O)c1cc2cc(Cl)ccc2[nH]1. The summed E-state index contributed by atoms with van der Waals surface area (Å²) < 4.78 is 5.36. The molecule has 2 aromatic carbocycles. The second kappa shape index (κ2) is 8.27. The molecule has 0 fully saturated rings. The van der Waals surface area contributed by atoms with Crippen molar-refractivity contribution in [2.24, 2.45) is 0 Å². The molecular weight excluding hydrogens is 414 g/mol. The molecule has 0 saturated heterocycles. The first kappa shape index (κ1) is 21.2. The predicted molar refractivity (Wildman–Crippen MR) is 122 cm³/mol. The normalized spacial score (nSPS) is 17.9. The van der Waals surface area contributed by atoms with Crippen LogP contribution >= 0.6 is 11.6 Å². The Morgan fingerprint density at radius 2 is 1.94 bits per heavy atom. The highest BCUT2D eigenvalue weighted by atomic mass is 35.5. The molecule has 3 aromatic rings. The molecule has 4 rings (SSSR count). The number of carbonyl (C=O) groups excluding carboxylic acids is 2. The molecule has 3 N–H and O–H groups in total. The van der Waals surface area contributed by atoms with Gasteiger partial charge in [-0.3, -0.25) is 4.79 Å². The second-order valence-corrected chi connectivity index (χ2v) is 9.32. The second-order valence-electron chi connectivity index (χ2n) is 8.89. The third kappa shape index (κ3) is 4.85. The molecule has 0 radical (unpaired) electrons. The number of hydrogen-bond acceptors (Lipinski definition) is 3. The number of fused-ring (bicyclic) bond motifs is 2. The number of hydrogen-bond donors (Lipinski definition) is 3. The van der Waals surface area contributed by atoms with Crippen molar-refractivity contribution < 1.29 is 14.3 Å². The van der Waals surface area contributed by atoms with E-state index in [1.165, 1.54) is 5.56 Å². The highest BCUT2D eigenvalue weighted by Crippen LogP contribution is 2.33. The van der Waals surface area contributed by atoms with Gasteiger partial charge >= 0.3 is 6.09 Å². The fourth-order valence-corrected chi connectivity index (χ4v) is 4.24. The number of carbonyl (C=O) groups is 2. The van der Waals surface area contributed by atoms with Gasteiger partial charge in [0.1, 0.15) is 11.3 Å². The van der Waals surface area contributed by atoms with E-state index < -0.39 is 11.7 Å². The number of rotatable bonds is 4. The zero-order chi connectivity index (χ0) is 22.2. The van der Waals surface area contributed by atoms with Gasteiger partial charge in [-0.15, -0.1) is 0 Å². The Morgan fingerprint density at radius 1 is 1.16 bits per heavy atom. The molecule has 0 saturated carbocycles. The van der Waals surface area contributed by atoms with E-state index in [0.29, 0.717) is 23.7 Å². The average Bonchev–Trinajstić information content (AvgIpc) is 3.25. The largest absolute Gasteiger partial charge is 0.444 e. The van der Waals surface area contributed by atoms with Gasteiger partial charge in [-0.25, -0.2) is 4.79 Å². The number of alkyl carbamates (subject to hydrolysis) is 1. The van der Waals surface area contributed by atoms with E-state index in [1.54, 1.807) is 12.1 Å². The van der Waals surface area contributed by atoms with Gasteiger partial charge in [0.25, 0.3) is 5.91 Å². The maximum Gasteiger partial charge on any atom is 0.407 e. The minimum Gasteiger partial charge on any atom is -0.444 e. The van der Waals surface area contributed by atoms with Gasteiger partial charge in [0, 0.05) is 34.4 Å². The summed E-state index contributed by atoms with van der Waals surface area (Å²) in [6.07, 6.45) is 0.240. The summed E-state index contributed by atoms with van der Waals surface area (Å²) in [6, 6.07) is 15.2. The molecule has 0 bridgehead atoms. The number of H-pyrrole nitrogens is 1. The summed E-state index contributed by atoms with van der Waals surface area (Å²) in [5, 5.41) is 7.51. The quantitative estimate of drug-likeness (QED) is 0.546. The van der Waals surface area contributed by atoms with Gasteiger partial charge in [-0.2, -0.15) is 0 Å². The third-order valence-electron chi connectivity index (χ3n) is 5.39. The van der Waals surface area contributed by atoms with Crippen molar-refractivity contribution in [3.8, 4) is 0 Å². The number of nitrogens with one attached hydrogen (secondary N) is 3. The van der Waals surface area contributed by atoms with Crippen LogP contribution in [0.25, 0.3) is 10.9 Å². The van der Waals surface area contributed by atoms with Gasteiger partial charge < -0.3 is 20.4 Å². The third-order valence-corrected chi connectivity index (χ3v) is 5.62. The van der Waals surface area contributed by atoms with Gasteiger partial charge in [0.2, 0.25) is 0 Å². The lowest BCUT2D eigenvalue weighted by atomic mass is 9.98. The van der Waals surface area contributed by atoms with Crippen molar-refractivity contribution in [1.82, 2.24) is 15.6 Å². The monoisotopic (exact) mass is 439 g/mol. The molecule has 1 heterocycles.